The van der Waals surface area contributed by atoms with Crippen LogP contribution in [0.25, 0.3) is 0 Å². The number of hydrogen-bond donors (Lipinski definition) is 1. The highest BCUT2D eigenvalue weighted by atomic mass is 32.2. The summed E-state index contributed by atoms with van der Waals surface area (Å²) >= 11 is 1.71. The van der Waals surface area contributed by atoms with Crippen molar-refractivity contribution in [3.8, 4) is 0 Å². The van der Waals surface area contributed by atoms with Crippen molar-refractivity contribution in [2.75, 3.05) is 18.8 Å². The molecule has 0 unspecified atom stereocenters. The number of pyridine rings is 1. The lowest BCUT2D eigenvalue weighted by Crippen LogP contribution is -2.46. The molecule has 6 heteroatoms. The van der Waals surface area contributed by atoms with Crippen molar-refractivity contribution in [1.82, 2.24) is 15.2 Å². The summed E-state index contributed by atoms with van der Waals surface area (Å²) in [5.74, 6) is 0.896. The number of benzene rings is 1. The van der Waals surface area contributed by atoms with E-state index in [4.69, 9.17) is 0 Å². The summed E-state index contributed by atoms with van der Waals surface area (Å²) in [5, 5.41) is 3.04. The maximum atomic E-state index is 12.4. The van der Waals surface area contributed by atoms with Gasteiger partial charge >= 0.3 is 0 Å². The fraction of sp³-hybridized carbons (Fsp3) is 0.350. The van der Waals surface area contributed by atoms with Crippen molar-refractivity contribution in [1.29, 1.82) is 0 Å². The molecule has 5 nitrogen and oxygen atoms in total. The maximum absolute atomic E-state index is 12.4. The van der Waals surface area contributed by atoms with Crippen LogP contribution in [-0.2, 0) is 4.79 Å². The SMILES string of the molecule is O=C(NC1CCN(C(=O)CCSc2ccccc2)CC1)c1cccnc1. The van der Waals surface area contributed by atoms with Gasteiger partial charge in [-0.3, -0.25) is 14.6 Å². The van der Waals surface area contributed by atoms with E-state index in [1.807, 2.05) is 23.1 Å². The van der Waals surface area contributed by atoms with Gasteiger partial charge in [0.05, 0.1) is 5.56 Å². The van der Waals surface area contributed by atoms with E-state index in [0.717, 1.165) is 18.6 Å². The number of rotatable bonds is 6. The average Bonchev–Trinajstić information content (AvgIpc) is 2.70. The maximum Gasteiger partial charge on any atom is 0.253 e. The van der Waals surface area contributed by atoms with Crippen LogP contribution in [0.4, 0.5) is 0 Å². The zero-order chi connectivity index (χ0) is 18.2. The second-order valence-corrected chi connectivity index (χ2v) is 7.45. The van der Waals surface area contributed by atoms with Gasteiger partial charge in [-0.15, -0.1) is 11.8 Å². The number of nitrogens with one attached hydrogen (secondary N) is 1. The molecule has 2 aromatic rings. The van der Waals surface area contributed by atoms with Gasteiger partial charge in [0.2, 0.25) is 5.91 Å². The Balaban J connectivity index is 1.37. The Hall–Kier alpha value is -2.34. The molecule has 136 valence electrons. The van der Waals surface area contributed by atoms with E-state index in [0.29, 0.717) is 25.1 Å². The summed E-state index contributed by atoms with van der Waals surface area (Å²) in [6, 6.07) is 13.8. The number of hydrogen-bond acceptors (Lipinski definition) is 4. The van der Waals surface area contributed by atoms with Gasteiger partial charge in [-0.2, -0.15) is 0 Å². The Morgan fingerprint density at radius 1 is 1.12 bits per heavy atom. The number of amides is 2. The number of thioether (sulfide) groups is 1. The summed E-state index contributed by atoms with van der Waals surface area (Å²) in [5.41, 5.74) is 0.573. The van der Waals surface area contributed by atoms with Crippen LogP contribution in [-0.4, -0.2) is 46.6 Å². The van der Waals surface area contributed by atoms with Crippen LogP contribution in [0.15, 0.2) is 59.8 Å². The van der Waals surface area contributed by atoms with E-state index in [1.54, 1.807) is 36.3 Å². The molecule has 1 aliphatic rings. The lowest BCUT2D eigenvalue weighted by molar-refractivity contribution is -0.131. The first kappa shape index (κ1) is 18.5. The standard InChI is InChI=1S/C20H23N3O2S/c24-19(10-14-26-18-6-2-1-3-7-18)23-12-8-17(9-13-23)22-20(25)16-5-4-11-21-15-16/h1-7,11,15,17H,8-10,12-14H2,(H,22,25). The quantitative estimate of drug-likeness (QED) is 0.795. The molecule has 1 saturated heterocycles. The second kappa shape index (κ2) is 9.38. The lowest BCUT2D eigenvalue weighted by Gasteiger charge is -2.32. The minimum atomic E-state index is -0.0952. The van der Waals surface area contributed by atoms with Crippen molar-refractivity contribution in [2.24, 2.45) is 0 Å². The Bertz CT molecular complexity index is 716. The Morgan fingerprint density at radius 3 is 2.58 bits per heavy atom. The molecule has 1 aromatic heterocycles. The molecule has 1 N–H and O–H groups in total. The summed E-state index contributed by atoms with van der Waals surface area (Å²) in [4.78, 5) is 31.6. The molecule has 1 fully saturated rings. The van der Waals surface area contributed by atoms with E-state index in [2.05, 4.69) is 22.4 Å². The van der Waals surface area contributed by atoms with Gasteiger partial charge in [0.15, 0.2) is 0 Å². The van der Waals surface area contributed by atoms with Crippen LogP contribution < -0.4 is 5.32 Å². The van der Waals surface area contributed by atoms with Crippen LogP contribution in [0.5, 0.6) is 0 Å². The molecule has 2 heterocycles. The first-order valence-corrected chi connectivity index (χ1v) is 9.87. The van der Waals surface area contributed by atoms with Crippen molar-refractivity contribution < 1.29 is 9.59 Å². The average molecular weight is 369 g/mol. The second-order valence-electron chi connectivity index (χ2n) is 6.28. The molecule has 1 aliphatic heterocycles. The van der Waals surface area contributed by atoms with Crippen molar-refractivity contribution >= 4 is 23.6 Å². The van der Waals surface area contributed by atoms with Gasteiger partial charge in [0.25, 0.3) is 5.91 Å². The van der Waals surface area contributed by atoms with Gasteiger partial charge in [0, 0.05) is 48.6 Å². The smallest absolute Gasteiger partial charge is 0.253 e. The van der Waals surface area contributed by atoms with E-state index < -0.39 is 0 Å². The minimum absolute atomic E-state index is 0.0952. The number of carbonyl (C=O) groups is 2. The molecule has 1 aromatic carbocycles. The highest BCUT2D eigenvalue weighted by Gasteiger charge is 2.23. The third kappa shape index (κ3) is 5.33. The van der Waals surface area contributed by atoms with Crippen LogP contribution in [0.3, 0.4) is 0 Å². The molecule has 0 atom stereocenters. The van der Waals surface area contributed by atoms with Gasteiger partial charge < -0.3 is 10.2 Å². The number of nitrogens with zero attached hydrogens (tertiary/aromatic N) is 2. The minimum Gasteiger partial charge on any atom is -0.349 e. The van der Waals surface area contributed by atoms with Gasteiger partial charge in [-0.05, 0) is 37.1 Å². The van der Waals surface area contributed by atoms with Crippen molar-refractivity contribution in [3.05, 3.63) is 60.4 Å². The van der Waals surface area contributed by atoms with Crippen molar-refractivity contribution in [3.63, 3.8) is 0 Å². The van der Waals surface area contributed by atoms with E-state index in [9.17, 15) is 9.59 Å². The molecule has 26 heavy (non-hydrogen) atoms. The van der Waals surface area contributed by atoms with Crippen LogP contribution >= 0.6 is 11.8 Å². The molecular formula is C20H23N3O2S. The highest BCUT2D eigenvalue weighted by Crippen LogP contribution is 2.19. The van der Waals surface area contributed by atoms with Gasteiger partial charge in [0.1, 0.15) is 0 Å². The third-order valence-corrected chi connectivity index (χ3v) is 5.45. The van der Waals surface area contributed by atoms with Crippen LogP contribution in [0.2, 0.25) is 0 Å². The summed E-state index contributed by atoms with van der Waals surface area (Å²) in [7, 11) is 0. The van der Waals surface area contributed by atoms with E-state index in [1.165, 1.54) is 4.90 Å². The topological polar surface area (TPSA) is 62.3 Å². The summed E-state index contributed by atoms with van der Waals surface area (Å²) in [6.07, 6.45) is 5.36. The van der Waals surface area contributed by atoms with Gasteiger partial charge in [-0.25, -0.2) is 0 Å². The number of carbonyl (C=O) groups excluding carboxylic acids is 2. The first-order chi connectivity index (χ1) is 12.7. The number of likely N-dealkylation sites (tertiary alicyclic amines) is 1. The Labute approximate surface area is 158 Å². The molecule has 3 rings (SSSR count). The predicted molar refractivity (Wildman–Crippen MR) is 103 cm³/mol. The third-order valence-electron chi connectivity index (χ3n) is 4.43. The summed E-state index contributed by atoms with van der Waals surface area (Å²) < 4.78 is 0. The molecule has 0 saturated carbocycles. The molecule has 0 bridgehead atoms. The van der Waals surface area contributed by atoms with Gasteiger partial charge in [-0.1, -0.05) is 18.2 Å². The van der Waals surface area contributed by atoms with Crippen molar-refractivity contribution in [2.45, 2.75) is 30.2 Å². The fourth-order valence-electron chi connectivity index (χ4n) is 2.97. The predicted octanol–water partition coefficient (Wildman–Crippen LogP) is 2.98. The molecule has 0 aliphatic carbocycles. The lowest BCUT2D eigenvalue weighted by atomic mass is 10.0. The Morgan fingerprint density at radius 2 is 1.88 bits per heavy atom. The Kier molecular flexibility index (Phi) is 6.66. The number of aromatic nitrogens is 1. The molecule has 0 spiro atoms. The first-order valence-electron chi connectivity index (χ1n) is 8.89. The largest absolute Gasteiger partial charge is 0.349 e. The zero-order valence-electron chi connectivity index (χ0n) is 14.6. The molecule has 2 amide bonds. The molecular weight excluding hydrogens is 346 g/mol. The normalized spacial score (nSPS) is 14.8. The van der Waals surface area contributed by atoms with E-state index in [-0.39, 0.29) is 17.9 Å². The number of piperidine rings is 1. The molecule has 0 radical (unpaired) electrons. The fourth-order valence-corrected chi connectivity index (χ4v) is 3.83. The monoisotopic (exact) mass is 369 g/mol. The van der Waals surface area contributed by atoms with Crippen LogP contribution in [0, 0.1) is 0 Å². The summed E-state index contributed by atoms with van der Waals surface area (Å²) in [6.45, 7) is 1.40. The zero-order valence-corrected chi connectivity index (χ0v) is 15.5. The highest BCUT2D eigenvalue weighted by molar-refractivity contribution is 7.99. The van der Waals surface area contributed by atoms with E-state index >= 15 is 0 Å². The van der Waals surface area contributed by atoms with Crippen LogP contribution in [0.1, 0.15) is 29.6 Å².